The molecule has 0 aromatic heterocycles. The smallest absolute Gasteiger partial charge is 0.0782 e. The molecule has 6 unspecified atom stereocenters. The Morgan fingerprint density at radius 3 is 1.17 bits per heavy atom. The highest BCUT2D eigenvalue weighted by Crippen LogP contribution is 2.47. The van der Waals surface area contributed by atoms with E-state index in [1.54, 1.807) is 0 Å². The van der Waals surface area contributed by atoms with Crippen LogP contribution in [-0.2, 0) is 0 Å². The van der Waals surface area contributed by atoms with Crippen LogP contribution in [0.5, 0.6) is 0 Å². The van der Waals surface area contributed by atoms with Gasteiger partial charge in [-0.2, -0.15) is 0 Å². The van der Waals surface area contributed by atoms with Gasteiger partial charge in [0.05, 0.1) is 54.4 Å². The molecule has 46 heavy (non-hydrogen) atoms. The minimum absolute atomic E-state index is 0. The van der Waals surface area contributed by atoms with Crippen molar-refractivity contribution < 1.29 is 42.9 Å². The molecule has 2 fully saturated rings. The van der Waals surface area contributed by atoms with Gasteiger partial charge in [0.25, 0.3) is 0 Å². The van der Waals surface area contributed by atoms with Gasteiger partial charge in [-0.05, 0) is 123 Å². The maximum absolute atomic E-state index is 2.54. The van der Waals surface area contributed by atoms with Crippen molar-refractivity contribution in [2.45, 2.75) is 171 Å². The highest BCUT2D eigenvalue weighted by Gasteiger charge is 2.37. The van der Waals surface area contributed by atoms with E-state index >= 15 is 0 Å². The van der Waals surface area contributed by atoms with E-state index in [2.05, 4.69) is 83.6 Å². The third-order valence-corrected chi connectivity index (χ3v) is 13.5. The lowest BCUT2D eigenvalue weighted by atomic mass is 9.62. The zero-order valence-electron chi connectivity index (χ0n) is 33.7. The first-order chi connectivity index (χ1) is 20.4. The number of hydrogen-bond acceptors (Lipinski definition) is 0. The van der Waals surface area contributed by atoms with Crippen LogP contribution in [0.15, 0.2) is 0 Å². The van der Waals surface area contributed by atoms with E-state index in [-0.39, 0.29) is 34.0 Å². The molecule has 2 aliphatic rings. The van der Waals surface area contributed by atoms with Crippen LogP contribution in [0.3, 0.4) is 0 Å². The Kier molecular flexibility index (Phi) is 22.4. The number of halogens is 2. The maximum atomic E-state index is 2.54. The molecule has 0 N–H and O–H groups in total. The Hall–Kier alpha value is 0.880. The number of hydrogen-bond donors (Lipinski definition) is 0. The minimum atomic E-state index is 0. The molecule has 6 atom stereocenters. The molecular weight excluding hydrogens is 692 g/mol. The van der Waals surface area contributed by atoms with Crippen molar-refractivity contribution >= 4 is 0 Å². The lowest BCUT2D eigenvalue weighted by molar-refractivity contribution is -0.891. The molecule has 0 aromatic carbocycles. The second-order valence-electron chi connectivity index (χ2n) is 19.8. The molecule has 0 amide bonds. The van der Waals surface area contributed by atoms with E-state index in [9.17, 15) is 0 Å². The topological polar surface area (TPSA) is 0 Å². The van der Waals surface area contributed by atoms with Gasteiger partial charge in [-0.15, -0.1) is 0 Å². The SMILES string of the molecule is CC(CCC[N+](C)(C)CCCCCC[N+](C)(C)CCCC(C)CCC1C(C)CCCC1(C)C)CCC1C(C)CCCC1(C)C.[Br-].[Br-]. The lowest BCUT2D eigenvalue weighted by Gasteiger charge is -2.43. The van der Waals surface area contributed by atoms with Crippen molar-refractivity contribution in [1.29, 1.82) is 0 Å². The Bertz CT molecular complexity index is 712. The second kappa shape index (κ2) is 22.0. The first-order valence-electron chi connectivity index (χ1n) is 20.1. The monoisotopic (exact) mass is 777 g/mol. The van der Waals surface area contributed by atoms with E-state index in [1.807, 2.05) is 0 Å². The minimum Gasteiger partial charge on any atom is -1.00 e. The Labute approximate surface area is 313 Å². The van der Waals surface area contributed by atoms with Crippen LogP contribution in [0, 0.1) is 46.3 Å². The van der Waals surface area contributed by atoms with Crippen LogP contribution in [0.4, 0.5) is 0 Å². The number of nitrogens with zero attached hydrogens (tertiary/aromatic N) is 2. The standard InChI is InChI=1S/C42H86N2.2BrH/c1-35(25-27-39-37(3)23-17-29-41(39,5)6)21-19-33-43(9,10)31-15-13-14-16-32-44(11,12)34-20-22-36(2)26-28-40-38(4)24-18-30-42(40,7)8;;/h35-40H,13-34H2,1-12H3;2*1H/q+2;;/p-2. The van der Waals surface area contributed by atoms with Gasteiger partial charge in [-0.3, -0.25) is 0 Å². The summed E-state index contributed by atoms with van der Waals surface area (Å²) in [6.45, 7) is 25.7. The van der Waals surface area contributed by atoms with Crippen LogP contribution in [0.2, 0.25) is 0 Å². The fourth-order valence-electron chi connectivity index (χ4n) is 10.0. The molecule has 0 saturated heterocycles. The van der Waals surface area contributed by atoms with Crippen LogP contribution < -0.4 is 34.0 Å². The fraction of sp³-hybridized carbons (Fsp3) is 1.00. The molecule has 4 heteroatoms. The summed E-state index contributed by atoms with van der Waals surface area (Å²) in [7, 11) is 9.92. The summed E-state index contributed by atoms with van der Waals surface area (Å²) >= 11 is 0. The van der Waals surface area contributed by atoms with Crippen molar-refractivity contribution in [3.05, 3.63) is 0 Å². The highest BCUT2D eigenvalue weighted by molar-refractivity contribution is 4.87. The van der Waals surface area contributed by atoms with Gasteiger partial charge < -0.3 is 42.9 Å². The van der Waals surface area contributed by atoms with Crippen molar-refractivity contribution in [2.75, 3.05) is 54.4 Å². The van der Waals surface area contributed by atoms with Crippen LogP contribution in [-0.4, -0.2) is 63.3 Å². The average molecular weight is 779 g/mol. The maximum Gasteiger partial charge on any atom is 0.0782 e. The van der Waals surface area contributed by atoms with Crippen molar-refractivity contribution in [1.82, 2.24) is 0 Å². The number of quaternary nitrogens is 2. The largest absolute Gasteiger partial charge is 1.00 e. The van der Waals surface area contributed by atoms with E-state index < -0.39 is 0 Å². The van der Waals surface area contributed by atoms with Gasteiger partial charge >= 0.3 is 0 Å². The molecule has 0 heterocycles. The molecular formula is C42H86Br2N2. The van der Waals surface area contributed by atoms with E-state index in [0.717, 1.165) is 35.5 Å². The van der Waals surface area contributed by atoms with Gasteiger partial charge in [-0.1, -0.05) is 93.9 Å². The van der Waals surface area contributed by atoms with Crippen LogP contribution >= 0.6 is 0 Å². The predicted octanol–water partition coefficient (Wildman–Crippen LogP) is 6.03. The molecule has 0 bridgehead atoms. The number of rotatable bonds is 21. The summed E-state index contributed by atoms with van der Waals surface area (Å²) in [4.78, 5) is 0. The van der Waals surface area contributed by atoms with Gasteiger partial charge in [0.2, 0.25) is 0 Å². The molecule has 278 valence electrons. The summed E-state index contributed by atoms with van der Waals surface area (Å²) in [5.41, 5.74) is 1.13. The van der Waals surface area contributed by atoms with E-state index in [1.165, 1.54) is 151 Å². The van der Waals surface area contributed by atoms with E-state index in [4.69, 9.17) is 0 Å². The molecule has 0 spiro atoms. The van der Waals surface area contributed by atoms with Gasteiger partial charge in [0.1, 0.15) is 0 Å². The summed E-state index contributed by atoms with van der Waals surface area (Å²) in [5, 5.41) is 0. The van der Waals surface area contributed by atoms with Gasteiger partial charge in [0, 0.05) is 0 Å². The third kappa shape index (κ3) is 17.7. The second-order valence-corrected chi connectivity index (χ2v) is 19.8. The molecule has 2 saturated carbocycles. The van der Waals surface area contributed by atoms with Gasteiger partial charge in [0.15, 0.2) is 0 Å². The zero-order valence-corrected chi connectivity index (χ0v) is 36.8. The van der Waals surface area contributed by atoms with Crippen molar-refractivity contribution in [2.24, 2.45) is 46.3 Å². The molecule has 2 rings (SSSR count). The Balaban J connectivity index is 0.0000101. The van der Waals surface area contributed by atoms with Crippen molar-refractivity contribution in [3.8, 4) is 0 Å². The molecule has 2 aliphatic carbocycles. The Morgan fingerprint density at radius 1 is 0.522 bits per heavy atom. The summed E-state index contributed by atoms with van der Waals surface area (Å²) in [5.74, 6) is 5.52. The van der Waals surface area contributed by atoms with Gasteiger partial charge in [-0.25, -0.2) is 0 Å². The first-order valence-corrected chi connectivity index (χ1v) is 20.1. The fourth-order valence-corrected chi connectivity index (χ4v) is 10.0. The van der Waals surface area contributed by atoms with Crippen molar-refractivity contribution in [3.63, 3.8) is 0 Å². The summed E-state index contributed by atoms with van der Waals surface area (Å²) in [6, 6.07) is 0. The average Bonchev–Trinajstić information content (AvgIpc) is 2.89. The number of unbranched alkanes of at least 4 members (excludes halogenated alkanes) is 3. The molecule has 2 nitrogen and oxygen atoms in total. The third-order valence-electron chi connectivity index (χ3n) is 13.5. The first kappa shape index (κ1) is 46.9. The lowest BCUT2D eigenvalue weighted by Crippen LogP contribution is -3.00. The predicted molar refractivity (Wildman–Crippen MR) is 198 cm³/mol. The Morgan fingerprint density at radius 2 is 0.848 bits per heavy atom. The highest BCUT2D eigenvalue weighted by atomic mass is 79.9. The quantitative estimate of drug-likeness (QED) is 0.0989. The normalized spacial score (nSPS) is 26.1. The summed E-state index contributed by atoms with van der Waals surface area (Å²) < 4.78 is 2.44. The zero-order chi connectivity index (χ0) is 33.0. The molecule has 0 radical (unpaired) electrons. The summed E-state index contributed by atoms with van der Waals surface area (Å²) in [6.07, 6.45) is 25.8. The molecule has 0 aromatic rings. The van der Waals surface area contributed by atoms with Crippen LogP contribution in [0.1, 0.15) is 171 Å². The van der Waals surface area contributed by atoms with E-state index in [0.29, 0.717) is 10.8 Å². The molecule has 0 aliphatic heterocycles. The van der Waals surface area contributed by atoms with Crippen LogP contribution in [0.25, 0.3) is 0 Å².